The third kappa shape index (κ3) is 0.607. The molecule has 1 fully saturated rings. The zero-order chi connectivity index (χ0) is 6.15. The highest BCUT2D eigenvalue weighted by atomic mass is 16.5. The van der Waals surface area contributed by atoms with Gasteiger partial charge in [0.1, 0.15) is 0 Å². The predicted octanol–water partition coefficient (Wildman–Crippen LogP) is 0.164. The number of amides is 1. The summed E-state index contributed by atoms with van der Waals surface area (Å²) in [4.78, 5) is 10.5. The van der Waals surface area contributed by atoms with E-state index in [1.54, 1.807) is 0 Å². The van der Waals surface area contributed by atoms with Gasteiger partial charge in [-0.15, -0.1) is 0 Å². The van der Waals surface area contributed by atoms with Crippen molar-refractivity contribution in [2.24, 2.45) is 0 Å². The van der Waals surface area contributed by atoms with Gasteiger partial charge in [-0.2, -0.15) is 0 Å². The van der Waals surface area contributed by atoms with Crippen LogP contribution in [-0.2, 0) is 4.79 Å². The van der Waals surface area contributed by atoms with Crippen molar-refractivity contribution in [2.45, 2.75) is 6.42 Å². The molecule has 0 aromatic rings. The molecule has 0 saturated carbocycles. The van der Waals surface area contributed by atoms with Gasteiger partial charge in [0, 0.05) is 5.57 Å². The zero-order valence-electron chi connectivity index (χ0n) is 4.42. The fourth-order valence-electron chi connectivity index (χ4n) is 0.632. The van der Waals surface area contributed by atoms with Crippen LogP contribution in [0.4, 0.5) is 0 Å². The van der Waals surface area contributed by atoms with Crippen molar-refractivity contribution in [2.75, 3.05) is 6.54 Å². The molecular weight excluding hydrogens is 106 g/mol. The van der Waals surface area contributed by atoms with Gasteiger partial charge < -0.3 is 0 Å². The van der Waals surface area contributed by atoms with E-state index in [-0.39, 0.29) is 5.91 Å². The molecule has 1 amide bonds. The van der Waals surface area contributed by atoms with Gasteiger partial charge in [0.05, 0.1) is 6.54 Å². The lowest BCUT2D eigenvalue weighted by atomic mass is 10.3. The summed E-state index contributed by atoms with van der Waals surface area (Å²) >= 11 is 0. The number of carbonyl (C=O) groups is 1. The first-order valence-electron chi connectivity index (χ1n) is 2.40. The second kappa shape index (κ2) is 1.59. The Bertz CT molecular complexity index is 141. The van der Waals surface area contributed by atoms with Gasteiger partial charge in [0.2, 0.25) is 0 Å². The van der Waals surface area contributed by atoms with E-state index >= 15 is 0 Å². The molecule has 1 saturated heterocycles. The first-order valence-corrected chi connectivity index (χ1v) is 2.40. The van der Waals surface area contributed by atoms with Gasteiger partial charge >= 0.3 is 0 Å². The van der Waals surface area contributed by atoms with Crippen LogP contribution in [0.3, 0.4) is 0 Å². The second-order valence-corrected chi connectivity index (χ2v) is 1.78. The van der Waals surface area contributed by atoms with Gasteiger partial charge in [-0.05, 0) is 6.42 Å². The molecule has 0 aromatic heterocycles. The van der Waals surface area contributed by atoms with Crippen LogP contribution in [0.15, 0.2) is 12.2 Å². The number of hydrogen-bond acceptors (Lipinski definition) is 2. The van der Waals surface area contributed by atoms with E-state index in [0.29, 0.717) is 23.6 Å². The summed E-state index contributed by atoms with van der Waals surface area (Å²) in [6.07, 6.45) is 0.593. The van der Waals surface area contributed by atoms with Gasteiger partial charge in [-0.3, -0.25) is 10.0 Å². The molecule has 8 heavy (non-hydrogen) atoms. The summed E-state index contributed by atoms with van der Waals surface area (Å²) in [6, 6.07) is 0. The van der Waals surface area contributed by atoms with Crippen molar-refractivity contribution in [3.63, 3.8) is 0 Å². The van der Waals surface area contributed by atoms with Crippen LogP contribution in [0.25, 0.3) is 0 Å². The number of nitrogens with zero attached hydrogens (tertiary/aromatic N) is 1. The van der Waals surface area contributed by atoms with Crippen LogP contribution in [0.5, 0.6) is 0 Å². The van der Waals surface area contributed by atoms with Crippen LogP contribution in [0.2, 0.25) is 0 Å². The summed E-state index contributed by atoms with van der Waals surface area (Å²) in [5, 5.41) is 9.27. The monoisotopic (exact) mass is 113 g/mol. The van der Waals surface area contributed by atoms with E-state index in [4.69, 9.17) is 5.21 Å². The Morgan fingerprint density at radius 1 is 1.75 bits per heavy atom. The van der Waals surface area contributed by atoms with Crippen molar-refractivity contribution in [1.29, 1.82) is 0 Å². The highest BCUT2D eigenvalue weighted by Gasteiger charge is 2.21. The average Bonchev–Trinajstić information content (AvgIpc) is 1.98. The van der Waals surface area contributed by atoms with E-state index in [1.165, 1.54) is 0 Å². The summed E-state index contributed by atoms with van der Waals surface area (Å²) in [7, 11) is 0. The van der Waals surface area contributed by atoms with E-state index in [2.05, 4.69) is 6.58 Å². The zero-order valence-corrected chi connectivity index (χ0v) is 4.42. The lowest BCUT2D eigenvalue weighted by Crippen LogP contribution is -2.19. The molecule has 44 valence electrons. The van der Waals surface area contributed by atoms with Crippen LogP contribution in [-0.4, -0.2) is 22.7 Å². The molecule has 1 rings (SSSR count). The molecular formula is C5H7NO2. The van der Waals surface area contributed by atoms with Crippen LogP contribution >= 0.6 is 0 Å². The maximum atomic E-state index is 10.5. The third-order valence-electron chi connectivity index (χ3n) is 1.16. The van der Waals surface area contributed by atoms with Crippen LogP contribution < -0.4 is 0 Å². The van der Waals surface area contributed by atoms with Gasteiger partial charge in [0.25, 0.3) is 5.91 Å². The molecule has 1 N–H and O–H groups in total. The number of hydroxylamine groups is 2. The van der Waals surface area contributed by atoms with Crippen molar-refractivity contribution in [3.8, 4) is 0 Å². The number of carbonyl (C=O) groups excluding carboxylic acids is 1. The first kappa shape index (κ1) is 5.31. The molecule has 0 spiro atoms. The molecule has 0 aromatic carbocycles. The van der Waals surface area contributed by atoms with Crippen molar-refractivity contribution in [1.82, 2.24) is 5.06 Å². The highest BCUT2D eigenvalue weighted by Crippen LogP contribution is 2.11. The topological polar surface area (TPSA) is 40.5 Å². The molecule has 0 radical (unpaired) electrons. The fourth-order valence-corrected chi connectivity index (χ4v) is 0.632. The Labute approximate surface area is 47.2 Å². The standard InChI is InChI=1S/C5H7NO2/c1-4-2-3-6(8)5(4)7/h8H,1-3H2. The Hall–Kier alpha value is -0.830. The van der Waals surface area contributed by atoms with Crippen LogP contribution in [0.1, 0.15) is 6.42 Å². The maximum Gasteiger partial charge on any atom is 0.272 e. The van der Waals surface area contributed by atoms with E-state index in [0.717, 1.165) is 0 Å². The van der Waals surface area contributed by atoms with Crippen molar-refractivity contribution < 1.29 is 10.0 Å². The molecule has 0 unspecified atom stereocenters. The first-order chi connectivity index (χ1) is 3.72. The fraction of sp³-hybridized carbons (Fsp3) is 0.400. The van der Waals surface area contributed by atoms with E-state index < -0.39 is 0 Å². The van der Waals surface area contributed by atoms with Crippen molar-refractivity contribution >= 4 is 5.91 Å². The summed E-state index contributed by atoms with van der Waals surface area (Å²) in [6.45, 7) is 3.83. The minimum Gasteiger partial charge on any atom is -0.286 e. The summed E-state index contributed by atoms with van der Waals surface area (Å²) in [5.74, 6) is -0.343. The van der Waals surface area contributed by atoms with E-state index in [1.807, 2.05) is 0 Å². The Balaban J connectivity index is 2.71. The lowest BCUT2D eigenvalue weighted by Gasteiger charge is -2.00. The smallest absolute Gasteiger partial charge is 0.272 e. The molecule has 3 heteroatoms. The molecule has 3 nitrogen and oxygen atoms in total. The third-order valence-corrected chi connectivity index (χ3v) is 1.16. The average molecular weight is 113 g/mol. The molecule has 1 aliphatic rings. The Morgan fingerprint density at radius 2 is 2.38 bits per heavy atom. The van der Waals surface area contributed by atoms with Gasteiger partial charge in [-0.1, -0.05) is 6.58 Å². The number of hydrogen-bond donors (Lipinski definition) is 1. The number of rotatable bonds is 0. The van der Waals surface area contributed by atoms with Crippen LogP contribution in [0, 0.1) is 0 Å². The summed E-state index contributed by atoms with van der Waals surface area (Å²) < 4.78 is 0. The molecule has 0 bridgehead atoms. The summed E-state index contributed by atoms with van der Waals surface area (Å²) in [5.41, 5.74) is 0.493. The second-order valence-electron chi connectivity index (χ2n) is 1.78. The Kier molecular flexibility index (Phi) is 1.06. The molecule has 1 aliphatic heterocycles. The lowest BCUT2D eigenvalue weighted by molar-refractivity contribution is -0.154. The molecule has 0 atom stereocenters. The predicted molar refractivity (Wildman–Crippen MR) is 27.3 cm³/mol. The van der Waals surface area contributed by atoms with Gasteiger partial charge in [-0.25, -0.2) is 5.06 Å². The van der Waals surface area contributed by atoms with E-state index in [9.17, 15) is 4.79 Å². The largest absolute Gasteiger partial charge is 0.286 e. The minimum absolute atomic E-state index is 0.343. The van der Waals surface area contributed by atoms with Crippen molar-refractivity contribution in [3.05, 3.63) is 12.2 Å². The Morgan fingerprint density at radius 3 is 2.50 bits per heavy atom. The molecule has 0 aliphatic carbocycles. The highest BCUT2D eigenvalue weighted by molar-refractivity contribution is 5.93. The minimum atomic E-state index is -0.343. The SMILES string of the molecule is C=C1CCN(O)C1=O. The normalized spacial score (nSPS) is 20.4. The quantitative estimate of drug-likeness (QED) is 0.359. The van der Waals surface area contributed by atoms with Gasteiger partial charge in [0.15, 0.2) is 0 Å². The molecule has 1 heterocycles. The maximum absolute atomic E-state index is 10.5.